The first-order chi connectivity index (χ1) is 14.9. The van der Waals surface area contributed by atoms with Gasteiger partial charge in [-0.05, 0) is 54.8 Å². The van der Waals surface area contributed by atoms with Gasteiger partial charge in [0.25, 0.3) is 0 Å². The molecule has 4 rings (SSSR count). The van der Waals surface area contributed by atoms with Crippen LogP contribution < -0.4 is 10.1 Å². The Hall–Kier alpha value is -2.44. The summed E-state index contributed by atoms with van der Waals surface area (Å²) in [6.07, 6.45) is 3.55. The van der Waals surface area contributed by atoms with Crippen LogP contribution in [-0.2, 0) is 11.3 Å². The van der Waals surface area contributed by atoms with E-state index in [1.807, 2.05) is 11.0 Å². The number of esters is 1. The monoisotopic (exact) mass is 462 g/mol. The van der Waals surface area contributed by atoms with Crippen LogP contribution >= 0.6 is 23.2 Å². The lowest BCUT2D eigenvalue weighted by Gasteiger charge is -2.38. The fraction of sp³-hybridized carbons (Fsp3) is 0.391. The van der Waals surface area contributed by atoms with Crippen LogP contribution in [0, 0.1) is 0 Å². The highest BCUT2D eigenvalue weighted by Gasteiger charge is 2.44. The molecule has 0 radical (unpaired) electrons. The van der Waals surface area contributed by atoms with E-state index in [9.17, 15) is 9.59 Å². The van der Waals surface area contributed by atoms with Gasteiger partial charge in [0.15, 0.2) is 0 Å². The molecular weight excluding hydrogens is 439 g/mol. The average Bonchev–Trinajstić information content (AvgIpc) is 3.03. The highest BCUT2D eigenvalue weighted by Crippen LogP contribution is 2.37. The number of nitrogens with zero attached hydrogens (tertiary/aromatic N) is 1. The summed E-state index contributed by atoms with van der Waals surface area (Å²) in [4.78, 5) is 26.4. The fourth-order valence-corrected chi connectivity index (χ4v) is 4.94. The molecule has 0 saturated carbocycles. The van der Waals surface area contributed by atoms with Crippen molar-refractivity contribution in [3.05, 3.63) is 63.6 Å². The number of urea groups is 1. The molecule has 2 amide bonds. The summed E-state index contributed by atoms with van der Waals surface area (Å²) in [5.74, 6) is 0.344. The second-order valence-electron chi connectivity index (χ2n) is 7.91. The molecule has 3 atom stereocenters. The molecule has 164 valence electrons. The topological polar surface area (TPSA) is 67.9 Å². The molecular formula is C23H24Cl2N2O4. The van der Waals surface area contributed by atoms with Crippen molar-refractivity contribution in [3.63, 3.8) is 0 Å². The maximum atomic E-state index is 12.9. The van der Waals surface area contributed by atoms with E-state index in [4.69, 9.17) is 32.7 Å². The number of fused-ring (bicyclic) bond motifs is 2. The van der Waals surface area contributed by atoms with E-state index in [2.05, 4.69) is 5.32 Å². The Labute approximate surface area is 191 Å². The standard InChI is InChI=1S/C23H24Cl2N2O4/c1-30-22(28)14-3-8-19(9-4-14)31-20-11-17-6-7-18(12-20)27(17)23(29)26-13-15-2-5-16(24)10-21(15)25/h2-5,8-10,17-18,20H,6-7,11-13H2,1H3,(H,26,29)/t17-,18+,20?. The predicted octanol–water partition coefficient (Wildman–Crippen LogP) is 5.06. The van der Waals surface area contributed by atoms with Crippen LogP contribution in [-0.4, -0.2) is 42.2 Å². The molecule has 0 aliphatic carbocycles. The minimum atomic E-state index is -0.371. The highest BCUT2D eigenvalue weighted by molar-refractivity contribution is 6.35. The zero-order valence-corrected chi connectivity index (χ0v) is 18.7. The average molecular weight is 463 g/mol. The third-order valence-corrected chi connectivity index (χ3v) is 6.53. The molecule has 2 aliphatic rings. The van der Waals surface area contributed by atoms with E-state index in [1.54, 1.807) is 36.4 Å². The molecule has 0 aromatic heterocycles. The van der Waals surface area contributed by atoms with Crippen LogP contribution in [0.1, 0.15) is 41.6 Å². The minimum Gasteiger partial charge on any atom is -0.490 e. The highest BCUT2D eigenvalue weighted by atomic mass is 35.5. The van der Waals surface area contributed by atoms with Crippen molar-refractivity contribution in [1.82, 2.24) is 10.2 Å². The number of amides is 2. The number of nitrogens with one attached hydrogen (secondary N) is 1. The molecule has 2 bridgehead atoms. The van der Waals surface area contributed by atoms with E-state index in [0.29, 0.717) is 27.9 Å². The number of piperidine rings is 1. The molecule has 2 heterocycles. The van der Waals surface area contributed by atoms with Crippen molar-refractivity contribution >= 4 is 35.2 Å². The number of carbonyl (C=O) groups excluding carboxylic acids is 2. The zero-order chi connectivity index (χ0) is 22.0. The maximum absolute atomic E-state index is 12.9. The summed E-state index contributed by atoms with van der Waals surface area (Å²) in [5, 5.41) is 4.10. The van der Waals surface area contributed by atoms with Crippen LogP contribution in [0.15, 0.2) is 42.5 Å². The Morgan fingerprint density at radius 3 is 2.35 bits per heavy atom. The van der Waals surface area contributed by atoms with Crippen molar-refractivity contribution < 1.29 is 19.1 Å². The number of ether oxygens (including phenoxy) is 2. The summed E-state index contributed by atoms with van der Waals surface area (Å²) in [6, 6.07) is 12.4. The number of benzene rings is 2. The number of hydrogen-bond acceptors (Lipinski definition) is 4. The Bertz CT molecular complexity index is 953. The number of carbonyl (C=O) groups is 2. The molecule has 2 aliphatic heterocycles. The molecule has 31 heavy (non-hydrogen) atoms. The Morgan fingerprint density at radius 1 is 1.06 bits per heavy atom. The number of hydrogen-bond donors (Lipinski definition) is 1. The van der Waals surface area contributed by atoms with Gasteiger partial charge in [-0.3, -0.25) is 0 Å². The van der Waals surface area contributed by atoms with Crippen molar-refractivity contribution in [1.29, 1.82) is 0 Å². The van der Waals surface area contributed by atoms with Gasteiger partial charge in [0, 0.05) is 41.5 Å². The van der Waals surface area contributed by atoms with Crippen LogP contribution in [0.3, 0.4) is 0 Å². The molecule has 8 heteroatoms. The largest absolute Gasteiger partial charge is 0.490 e. The van der Waals surface area contributed by atoms with Gasteiger partial charge in [-0.25, -0.2) is 9.59 Å². The first-order valence-electron chi connectivity index (χ1n) is 10.3. The second-order valence-corrected chi connectivity index (χ2v) is 8.76. The molecule has 2 aromatic rings. The lowest BCUT2D eigenvalue weighted by Crippen LogP contribution is -2.52. The second kappa shape index (κ2) is 9.37. The number of rotatable bonds is 5. The summed E-state index contributed by atoms with van der Waals surface area (Å²) >= 11 is 12.1. The van der Waals surface area contributed by atoms with Gasteiger partial charge in [-0.2, -0.15) is 0 Å². The molecule has 6 nitrogen and oxygen atoms in total. The van der Waals surface area contributed by atoms with Gasteiger partial charge in [0.2, 0.25) is 0 Å². The van der Waals surface area contributed by atoms with Crippen molar-refractivity contribution in [2.75, 3.05) is 7.11 Å². The smallest absolute Gasteiger partial charge is 0.337 e. The van der Waals surface area contributed by atoms with E-state index < -0.39 is 0 Å². The van der Waals surface area contributed by atoms with Crippen molar-refractivity contribution in [2.24, 2.45) is 0 Å². The normalized spacial score (nSPS) is 22.2. The summed E-state index contributed by atoms with van der Waals surface area (Å²) in [5.41, 5.74) is 1.32. The predicted molar refractivity (Wildman–Crippen MR) is 119 cm³/mol. The molecule has 2 aromatic carbocycles. The number of methoxy groups -OCH3 is 1. The zero-order valence-electron chi connectivity index (χ0n) is 17.1. The summed E-state index contributed by atoms with van der Waals surface area (Å²) in [6.45, 7) is 0.358. The molecule has 1 N–H and O–H groups in total. The van der Waals surface area contributed by atoms with E-state index in [1.165, 1.54) is 7.11 Å². The number of halogens is 2. The quantitative estimate of drug-likeness (QED) is 0.630. The van der Waals surface area contributed by atoms with Gasteiger partial charge in [0.05, 0.1) is 12.7 Å². The third kappa shape index (κ3) is 4.91. The molecule has 0 spiro atoms. The van der Waals surface area contributed by atoms with Crippen molar-refractivity contribution in [2.45, 2.75) is 50.4 Å². The van der Waals surface area contributed by atoms with Crippen LogP contribution in [0.25, 0.3) is 0 Å². The summed E-state index contributed by atoms with van der Waals surface area (Å²) in [7, 11) is 1.36. The van der Waals surface area contributed by atoms with E-state index >= 15 is 0 Å². The first kappa shape index (κ1) is 21.8. The van der Waals surface area contributed by atoms with Gasteiger partial charge in [-0.1, -0.05) is 29.3 Å². The SMILES string of the molecule is COC(=O)c1ccc(OC2C[C@H]3CC[C@@H](C2)N3C(=O)NCc2ccc(Cl)cc2Cl)cc1. The van der Waals surface area contributed by atoms with Gasteiger partial charge < -0.3 is 19.7 Å². The van der Waals surface area contributed by atoms with E-state index in [0.717, 1.165) is 31.2 Å². The third-order valence-electron chi connectivity index (χ3n) is 5.95. The Balaban J connectivity index is 1.33. The first-order valence-corrected chi connectivity index (χ1v) is 11.1. The van der Waals surface area contributed by atoms with Gasteiger partial charge >= 0.3 is 12.0 Å². The minimum absolute atomic E-state index is 0.0382. The lowest BCUT2D eigenvalue weighted by atomic mass is 10.00. The van der Waals surface area contributed by atoms with Crippen LogP contribution in [0.5, 0.6) is 5.75 Å². The van der Waals surface area contributed by atoms with Crippen molar-refractivity contribution in [3.8, 4) is 5.75 Å². The molecule has 2 fully saturated rings. The summed E-state index contributed by atoms with van der Waals surface area (Å²) < 4.78 is 10.9. The van der Waals surface area contributed by atoms with Gasteiger partial charge in [-0.15, -0.1) is 0 Å². The molecule has 2 saturated heterocycles. The fourth-order valence-electron chi connectivity index (χ4n) is 4.46. The lowest BCUT2D eigenvalue weighted by molar-refractivity contribution is 0.0600. The van der Waals surface area contributed by atoms with Gasteiger partial charge in [0.1, 0.15) is 11.9 Å². The molecule has 1 unspecified atom stereocenters. The van der Waals surface area contributed by atoms with Crippen LogP contribution in [0.4, 0.5) is 4.79 Å². The van der Waals surface area contributed by atoms with E-state index in [-0.39, 0.29) is 30.2 Å². The van der Waals surface area contributed by atoms with Crippen LogP contribution in [0.2, 0.25) is 10.0 Å². The maximum Gasteiger partial charge on any atom is 0.337 e. The Morgan fingerprint density at radius 2 is 1.74 bits per heavy atom. The Kier molecular flexibility index (Phi) is 6.58.